The minimum Gasteiger partial charge on any atom is -0.355 e. The fraction of sp³-hybridized carbons (Fsp3) is 0.667. The first-order valence-electron chi connectivity index (χ1n) is 7.21. The molecule has 1 aromatic heterocycles. The summed E-state index contributed by atoms with van der Waals surface area (Å²) < 4.78 is 0. The number of rotatable bonds is 5. The van der Waals surface area contributed by atoms with Crippen LogP contribution in [0.3, 0.4) is 0 Å². The summed E-state index contributed by atoms with van der Waals surface area (Å²) in [5, 5.41) is 3.63. The second-order valence-corrected chi connectivity index (χ2v) is 5.24. The lowest BCUT2D eigenvalue weighted by molar-refractivity contribution is 0.398. The van der Waals surface area contributed by atoms with Crippen LogP contribution in [-0.2, 0) is 0 Å². The molecule has 2 heterocycles. The Hall–Kier alpha value is -1.09. The smallest absolute Gasteiger partial charge is 0.131 e. The molecule has 18 heavy (non-hydrogen) atoms. The number of nitrogens with one attached hydrogen (secondary N) is 1. The molecule has 0 aromatic carbocycles. The zero-order chi connectivity index (χ0) is 12.8. The van der Waals surface area contributed by atoms with Crippen LogP contribution in [0.4, 0.5) is 5.82 Å². The Morgan fingerprint density at radius 1 is 1.44 bits per heavy atom. The van der Waals surface area contributed by atoms with Gasteiger partial charge in [0.2, 0.25) is 0 Å². The van der Waals surface area contributed by atoms with Crippen LogP contribution in [0.2, 0.25) is 0 Å². The van der Waals surface area contributed by atoms with E-state index in [1.54, 1.807) is 0 Å². The summed E-state index contributed by atoms with van der Waals surface area (Å²) in [6.45, 7) is 7.74. The van der Waals surface area contributed by atoms with Crippen LogP contribution in [0.1, 0.15) is 38.2 Å². The molecule has 0 amide bonds. The average molecular weight is 247 g/mol. The lowest BCUT2D eigenvalue weighted by Crippen LogP contribution is -2.44. The first-order chi connectivity index (χ1) is 8.81. The van der Waals surface area contributed by atoms with E-state index in [0.29, 0.717) is 6.04 Å². The van der Waals surface area contributed by atoms with Gasteiger partial charge in [-0.3, -0.25) is 0 Å². The van der Waals surface area contributed by atoms with Crippen molar-refractivity contribution in [2.45, 2.75) is 45.6 Å². The predicted octanol–water partition coefficient (Wildman–Crippen LogP) is 2.75. The van der Waals surface area contributed by atoms with E-state index < -0.39 is 0 Å². The Bertz CT molecular complexity index is 359. The van der Waals surface area contributed by atoms with Crippen LogP contribution in [-0.4, -0.2) is 30.7 Å². The van der Waals surface area contributed by atoms with Crippen molar-refractivity contribution in [2.75, 3.05) is 24.5 Å². The highest BCUT2D eigenvalue weighted by molar-refractivity contribution is 5.45. The van der Waals surface area contributed by atoms with Crippen molar-refractivity contribution in [3.63, 3.8) is 0 Å². The molecule has 0 spiro atoms. The average Bonchev–Trinajstić information content (AvgIpc) is 2.40. The van der Waals surface area contributed by atoms with Crippen LogP contribution in [0.25, 0.3) is 0 Å². The standard InChI is InChI=1S/C15H25N3/c1-3-11-18(12-14-8-4-5-9-16-14)15-13(2)7-6-10-17-15/h6-7,10,14,16H,3-5,8-9,11-12H2,1-2H3. The number of pyridine rings is 1. The van der Waals surface area contributed by atoms with E-state index in [4.69, 9.17) is 0 Å². The predicted molar refractivity (Wildman–Crippen MR) is 77.1 cm³/mol. The number of nitrogens with zero attached hydrogens (tertiary/aromatic N) is 2. The lowest BCUT2D eigenvalue weighted by atomic mass is 10.0. The lowest BCUT2D eigenvalue weighted by Gasteiger charge is -2.32. The van der Waals surface area contributed by atoms with Crippen molar-refractivity contribution < 1.29 is 0 Å². The summed E-state index contributed by atoms with van der Waals surface area (Å²) in [5.41, 5.74) is 1.28. The number of hydrogen-bond acceptors (Lipinski definition) is 3. The molecule has 0 bridgehead atoms. The van der Waals surface area contributed by atoms with Gasteiger partial charge in [-0.2, -0.15) is 0 Å². The fourth-order valence-electron chi connectivity index (χ4n) is 2.71. The van der Waals surface area contributed by atoms with Gasteiger partial charge in [-0.1, -0.05) is 19.4 Å². The summed E-state index contributed by atoms with van der Waals surface area (Å²) in [4.78, 5) is 7.00. The van der Waals surface area contributed by atoms with Gasteiger partial charge in [-0.15, -0.1) is 0 Å². The molecule has 0 radical (unpaired) electrons. The third-order valence-corrected chi connectivity index (χ3v) is 3.63. The largest absolute Gasteiger partial charge is 0.355 e. The molecule has 1 N–H and O–H groups in total. The number of aryl methyl sites for hydroxylation is 1. The summed E-state index contributed by atoms with van der Waals surface area (Å²) in [6.07, 6.45) is 7.06. The zero-order valence-electron chi connectivity index (χ0n) is 11.7. The number of hydrogen-bond donors (Lipinski definition) is 1. The molecule has 3 nitrogen and oxygen atoms in total. The molecular weight excluding hydrogens is 222 g/mol. The maximum absolute atomic E-state index is 4.56. The van der Waals surface area contributed by atoms with Gasteiger partial charge in [-0.25, -0.2) is 4.98 Å². The second-order valence-electron chi connectivity index (χ2n) is 5.24. The van der Waals surface area contributed by atoms with Crippen LogP contribution in [0.15, 0.2) is 18.3 Å². The van der Waals surface area contributed by atoms with Crippen molar-refractivity contribution in [1.82, 2.24) is 10.3 Å². The van der Waals surface area contributed by atoms with Crippen molar-refractivity contribution in [1.29, 1.82) is 0 Å². The summed E-state index contributed by atoms with van der Waals surface area (Å²) in [7, 11) is 0. The molecule has 1 saturated heterocycles. The minimum atomic E-state index is 0.631. The van der Waals surface area contributed by atoms with E-state index in [9.17, 15) is 0 Å². The molecule has 0 saturated carbocycles. The van der Waals surface area contributed by atoms with E-state index in [2.05, 4.69) is 35.1 Å². The highest BCUT2D eigenvalue weighted by atomic mass is 15.2. The van der Waals surface area contributed by atoms with Crippen LogP contribution >= 0.6 is 0 Å². The quantitative estimate of drug-likeness (QED) is 0.867. The third kappa shape index (κ3) is 3.45. The Balaban J connectivity index is 2.05. The molecule has 1 fully saturated rings. The number of piperidine rings is 1. The van der Waals surface area contributed by atoms with Crippen molar-refractivity contribution in [3.8, 4) is 0 Å². The minimum absolute atomic E-state index is 0.631. The summed E-state index contributed by atoms with van der Waals surface area (Å²) in [6, 6.07) is 4.80. The fourth-order valence-corrected chi connectivity index (χ4v) is 2.71. The molecule has 0 aliphatic carbocycles. The summed E-state index contributed by atoms with van der Waals surface area (Å²) in [5.74, 6) is 1.16. The topological polar surface area (TPSA) is 28.2 Å². The van der Waals surface area contributed by atoms with Gasteiger partial charge in [0.25, 0.3) is 0 Å². The zero-order valence-corrected chi connectivity index (χ0v) is 11.7. The van der Waals surface area contributed by atoms with Gasteiger partial charge in [0, 0.05) is 25.3 Å². The molecular formula is C15H25N3. The highest BCUT2D eigenvalue weighted by Gasteiger charge is 2.18. The molecule has 1 unspecified atom stereocenters. The highest BCUT2D eigenvalue weighted by Crippen LogP contribution is 2.18. The molecule has 1 aromatic rings. The first kappa shape index (κ1) is 13.3. The van der Waals surface area contributed by atoms with Gasteiger partial charge < -0.3 is 10.2 Å². The van der Waals surface area contributed by atoms with Gasteiger partial charge in [0.1, 0.15) is 5.82 Å². The molecule has 3 heteroatoms. The Kier molecular flexibility index (Phi) is 5.00. The normalized spacial score (nSPS) is 19.8. The maximum Gasteiger partial charge on any atom is 0.131 e. The molecule has 1 aliphatic rings. The Labute approximate surface area is 111 Å². The van der Waals surface area contributed by atoms with Crippen LogP contribution < -0.4 is 10.2 Å². The number of anilines is 1. The van der Waals surface area contributed by atoms with E-state index >= 15 is 0 Å². The van der Waals surface area contributed by atoms with E-state index in [1.165, 1.54) is 37.8 Å². The first-order valence-corrected chi connectivity index (χ1v) is 7.21. The van der Waals surface area contributed by atoms with Crippen molar-refractivity contribution in [2.24, 2.45) is 0 Å². The van der Waals surface area contributed by atoms with Crippen LogP contribution in [0.5, 0.6) is 0 Å². The van der Waals surface area contributed by atoms with Gasteiger partial charge in [-0.05, 0) is 44.4 Å². The van der Waals surface area contributed by atoms with Gasteiger partial charge >= 0.3 is 0 Å². The maximum atomic E-state index is 4.56. The number of aromatic nitrogens is 1. The van der Waals surface area contributed by atoms with E-state index in [0.717, 1.165) is 18.9 Å². The van der Waals surface area contributed by atoms with Crippen molar-refractivity contribution >= 4 is 5.82 Å². The molecule has 2 rings (SSSR count). The molecule has 1 aliphatic heterocycles. The van der Waals surface area contributed by atoms with E-state index in [1.807, 2.05) is 12.3 Å². The molecule has 100 valence electrons. The molecule has 1 atom stereocenters. The second kappa shape index (κ2) is 6.74. The van der Waals surface area contributed by atoms with Crippen molar-refractivity contribution in [3.05, 3.63) is 23.9 Å². The third-order valence-electron chi connectivity index (χ3n) is 3.63. The van der Waals surface area contributed by atoms with Gasteiger partial charge in [0.05, 0.1) is 0 Å². The summed E-state index contributed by atoms with van der Waals surface area (Å²) >= 11 is 0. The Morgan fingerprint density at radius 3 is 3.00 bits per heavy atom. The monoisotopic (exact) mass is 247 g/mol. The van der Waals surface area contributed by atoms with E-state index in [-0.39, 0.29) is 0 Å². The SMILES string of the molecule is CCCN(CC1CCCCN1)c1ncccc1C. The van der Waals surface area contributed by atoms with Gasteiger partial charge in [0.15, 0.2) is 0 Å². The van der Waals surface area contributed by atoms with Crippen LogP contribution in [0, 0.1) is 6.92 Å². The Morgan fingerprint density at radius 2 is 2.33 bits per heavy atom.